The van der Waals surface area contributed by atoms with E-state index in [0.29, 0.717) is 24.5 Å². The van der Waals surface area contributed by atoms with Crippen molar-refractivity contribution in [2.24, 2.45) is 0 Å². The largest absolute Gasteiger partial charge is 0.378 e. The minimum absolute atomic E-state index is 0.0888. The predicted octanol–water partition coefficient (Wildman–Crippen LogP) is 2.80. The summed E-state index contributed by atoms with van der Waals surface area (Å²) in [5.74, 6) is -0.765. The summed E-state index contributed by atoms with van der Waals surface area (Å²) < 4.78 is 1.98. The lowest BCUT2D eigenvalue weighted by molar-refractivity contribution is -0.128. The molecular formula is C20H20N4O2. The molecule has 1 amide bonds. The number of hydrogen-bond donors (Lipinski definition) is 1. The number of Topliss-reactive ketones (excluding diaryl/α,β-unsaturated/α-hetero) is 1. The molecule has 1 aliphatic rings. The Balaban J connectivity index is 1.68. The normalized spacial score (nSPS) is 16.4. The van der Waals surface area contributed by atoms with Crippen LogP contribution in [-0.4, -0.2) is 35.3 Å². The van der Waals surface area contributed by atoms with E-state index >= 15 is 0 Å². The van der Waals surface area contributed by atoms with Crippen LogP contribution in [0.25, 0.3) is 11.0 Å². The topological polar surface area (TPSA) is 67.2 Å². The molecule has 4 rings (SSSR count). The number of amides is 1. The zero-order valence-electron chi connectivity index (χ0n) is 14.8. The van der Waals surface area contributed by atoms with Gasteiger partial charge in [0.2, 0.25) is 5.91 Å². The summed E-state index contributed by atoms with van der Waals surface area (Å²) in [6.45, 7) is 0.564. The maximum absolute atomic E-state index is 12.9. The first-order chi connectivity index (χ1) is 12.5. The van der Waals surface area contributed by atoms with Gasteiger partial charge in [-0.2, -0.15) is 0 Å². The van der Waals surface area contributed by atoms with E-state index < -0.39 is 5.92 Å². The average molecular weight is 348 g/mol. The Kier molecular flexibility index (Phi) is 3.95. The highest BCUT2D eigenvalue weighted by Gasteiger charge is 2.36. The molecule has 0 saturated heterocycles. The van der Waals surface area contributed by atoms with Gasteiger partial charge in [-0.3, -0.25) is 9.59 Å². The van der Waals surface area contributed by atoms with E-state index in [1.54, 1.807) is 0 Å². The molecule has 1 unspecified atom stereocenters. The summed E-state index contributed by atoms with van der Waals surface area (Å²) in [6.07, 6.45) is 0.336. The van der Waals surface area contributed by atoms with Crippen molar-refractivity contribution in [2.45, 2.75) is 18.9 Å². The Morgan fingerprint density at radius 3 is 2.81 bits per heavy atom. The number of imidazole rings is 1. The second-order valence-corrected chi connectivity index (χ2v) is 6.69. The quantitative estimate of drug-likeness (QED) is 0.739. The van der Waals surface area contributed by atoms with Crippen LogP contribution in [0, 0.1) is 0 Å². The first kappa shape index (κ1) is 16.3. The Hall–Kier alpha value is -3.15. The number of aryl methyl sites for hydroxylation is 1. The third-order valence-corrected chi connectivity index (χ3v) is 4.74. The van der Waals surface area contributed by atoms with E-state index in [1.807, 2.05) is 72.1 Å². The van der Waals surface area contributed by atoms with Gasteiger partial charge in [-0.05, 0) is 30.3 Å². The summed E-state index contributed by atoms with van der Waals surface area (Å²) >= 11 is 0. The molecular weight excluding hydrogens is 328 g/mol. The van der Waals surface area contributed by atoms with Gasteiger partial charge < -0.3 is 14.8 Å². The number of anilines is 2. The van der Waals surface area contributed by atoms with Gasteiger partial charge in [0, 0.05) is 38.4 Å². The molecule has 1 N–H and O–H groups in total. The van der Waals surface area contributed by atoms with Gasteiger partial charge in [-0.15, -0.1) is 0 Å². The van der Waals surface area contributed by atoms with Crippen LogP contribution in [0.2, 0.25) is 0 Å². The molecule has 0 aliphatic carbocycles. The molecule has 0 radical (unpaired) electrons. The monoisotopic (exact) mass is 348 g/mol. The molecule has 3 aromatic rings. The van der Waals surface area contributed by atoms with Crippen molar-refractivity contribution >= 4 is 34.1 Å². The van der Waals surface area contributed by atoms with Crippen LogP contribution < -0.4 is 10.2 Å². The molecule has 0 spiro atoms. The predicted molar refractivity (Wildman–Crippen MR) is 101 cm³/mol. The van der Waals surface area contributed by atoms with Crippen LogP contribution in [0.15, 0.2) is 48.5 Å². The van der Waals surface area contributed by atoms with Crippen molar-refractivity contribution in [3.63, 3.8) is 0 Å². The molecule has 132 valence electrons. The van der Waals surface area contributed by atoms with E-state index in [4.69, 9.17) is 0 Å². The lowest BCUT2D eigenvalue weighted by Gasteiger charge is -2.22. The first-order valence-corrected chi connectivity index (χ1v) is 8.61. The number of para-hydroxylation sites is 2. The molecule has 1 atom stereocenters. The zero-order valence-corrected chi connectivity index (χ0v) is 14.8. The van der Waals surface area contributed by atoms with E-state index in [0.717, 1.165) is 16.7 Å². The number of fused-ring (bicyclic) bond motifs is 3. The van der Waals surface area contributed by atoms with Gasteiger partial charge >= 0.3 is 0 Å². The molecule has 1 aliphatic heterocycles. The summed E-state index contributed by atoms with van der Waals surface area (Å²) in [5.41, 5.74) is 3.42. The molecule has 0 bridgehead atoms. The highest BCUT2D eigenvalue weighted by Crippen LogP contribution is 2.29. The van der Waals surface area contributed by atoms with Gasteiger partial charge in [0.05, 0.1) is 11.0 Å². The number of rotatable bonds is 3. The smallest absolute Gasteiger partial charge is 0.242 e. The van der Waals surface area contributed by atoms with Crippen molar-refractivity contribution in [1.82, 2.24) is 9.55 Å². The Labute approximate surface area is 151 Å². The molecule has 0 saturated carbocycles. The summed E-state index contributed by atoms with van der Waals surface area (Å²) in [7, 11) is 3.88. The first-order valence-electron chi connectivity index (χ1n) is 8.61. The second-order valence-electron chi connectivity index (χ2n) is 6.69. The fourth-order valence-electron chi connectivity index (χ4n) is 3.40. The Morgan fingerprint density at radius 1 is 1.19 bits per heavy atom. The molecule has 1 aromatic heterocycles. The maximum Gasteiger partial charge on any atom is 0.242 e. The van der Waals surface area contributed by atoms with Crippen LogP contribution in [0.4, 0.5) is 11.4 Å². The van der Waals surface area contributed by atoms with Gasteiger partial charge in [-0.25, -0.2) is 4.98 Å². The van der Waals surface area contributed by atoms with Crippen molar-refractivity contribution in [1.29, 1.82) is 0 Å². The van der Waals surface area contributed by atoms with Crippen LogP contribution >= 0.6 is 0 Å². The van der Waals surface area contributed by atoms with Gasteiger partial charge in [0.25, 0.3) is 0 Å². The number of carbonyl (C=O) groups is 2. The van der Waals surface area contributed by atoms with Crippen LogP contribution in [0.5, 0.6) is 0 Å². The highest BCUT2D eigenvalue weighted by atomic mass is 16.2. The van der Waals surface area contributed by atoms with Gasteiger partial charge in [0.15, 0.2) is 11.7 Å². The van der Waals surface area contributed by atoms with Crippen molar-refractivity contribution in [3.05, 3.63) is 54.4 Å². The van der Waals surface area contributed by atoms with E-state index in [1.165, 1.54) is 0 Å². The minimum Gasteiger partial charge on any atom is -0.378 e. The van der Waals surface area contributed by atoms with Crippen molar-refractivity contribution < 1.29 is 9.59 Å². The van der Waals surface area contributed by atoms with E-state index in [2.05, 4.69) is 10.3 Å². The summed E-state index contributed by atoms with van der Waals surface area (Å²) in [4.78, 5) is 31.9. The van der Waals surface area contributed by atoms with Crippen LogP contribution in [0.1, 0.15) is 18.2 Å². The van der Waals surface area contributed by atoms with Gasteiger partial charge in [-0.1, -0.05) is 18.2 Å². The third-order valence-electron chi connectivity index (χ3n) is 4.74. The van der Waals surface area contributed by atoms with E-state index in [-0.39, 0.29) is 11.7 Å². The van der Waals surface area contributed by atoms with Crippen molar-refractivity contribution in [2.75, 3.05) is 24.3 Å². The van der Waals surface area contributed by atoms with E-state index in [9.17, 15) is 9.59 Å². The third kappa shape index (κ3) is 2.73. The fraction of sp³-hybridized carbons (Fsp3) is 0.250. The minimum atomic E-state index is -0.876. The van der Waals surface area contributed by atoms with Crippen molar-refractivity contribution in [3.8, 4) is 0 Å². The lowest BCUT2D eigenvalue weighted by Crippen LogP contribution is -2.34. The molecule has 2 aromatic carbocycles. The number of hydrogen-bond acceptors (Lipinski definition) is 4. The Bertz CT molecular complexity index is 1010. The van der Waals surface area contributed by atoms with Gasteiger partial charge in [0.1, 0.15) is 5.82 Å². The number of benzene rings is 2. The SMILES string of the molecule is CN(C)c1cccc(NC(=O)C2C(=O)CCn3c2nc2ccccc23)c1. The highest BCUT2D eigenvalue weighted by molar-refractivity contribution is 6.12. The number of nitrogens with zero attached hydrogens (tertiary/aromatic N) is 3. The lowest BCUT2D eigenvalue weighted by atomic mass is 9.96. The second kappa shape index (κ2) is 6.29. The Morgan fingerprint density at radius 2 is 2.00 bits per heavy atom. The molecule has 6 nitrogen and oxygen atoms in total. The number of nitrogens with one attached hydrogen (secondary N) is 1. The van der Waals surface area contributed by atoms with Crippen LogP contribution in [0.3, 0.4) is 0 Å². The average Bonchev–Trinajstić information content (AvgIpc) is 3.00. The summed E-state index contributed by atoms with van der Waals surface area (Å²) in [5, 5.41) is 2.88. The molecule has 6 heteroatoms. The molecule has 26 heavy (non-hydrogen) atoms. The number of carbonyl (C=O) groups excluding carboxylic acids is 2. The standard InChI is InChI=1S/C20H20N4O2/c1-23(2)14-7-5-6-13(12-14)21-20(26)18-17(25)10-11-24-16-9-4-3-8-15(16)22-19(18)24/h3-9,12,18H,10-11H2,1-2H3,(H,21,26). The number of ketones is 1. The summed E-state index contributed by atoms with van der Waals surface area (Å²) in [6, 6.07) is 15.3. The number of aromatic nitrogens is 2. The molecule has 0 fully saturated rings. The maximum atomic E-state index is 12.9. The van der Waals surface area contributed by atoms with Crippen LogP contribution in [-0.2, 0) is 16.1 Å². The fourth-order valence-corrected chi connectivity index (χ4v) is 3.40. The molecule has 2 heterocycles. The zero-order chi connectivity index (χ0) is 18.3.